The third kappa shape index (κ3) is 4.46. The summed E-state index contributed by atoms with van der Waals surface area (Å²) in [6, 6.07) is 1.83. The molecule has 0 aliphatic heterocycles. The normalized spacial score (nSPS) is 11.4. The molecule has 0 aliphatic carbocycles. The number of methoxy groups -OCH3 is 1. The van der Waals surface area contributed by atoms with E-state index < -0.39 is 0 Å². The SMILES string of the molecule is CNc1cc(NCC(C)(C)CO)nc(COC)n1. The van der Waals surface area contributed by atoms with Crippen LogP contribution in [0.2, 0.25) is 0 Å². The van der Waals surface area contributed by atoms with Gasteiger partial charge in [-0.1, -0.05) is 13.8 Å². The van der Waals surface area contributed by atoms with E-state index in [-0.39, 0.29) is 12.0 Å². The van der Waals surface area contributed by atoms with Crippen LogP contribution in [-0.4, -0.2) is 42.4 Å². The second-order valence-corrected chi connectivity index (χ2v) is 4.91. The van der Waals surface area contributed by atoms with Gasteiger partial charge in [0.2, 0.25) is 0 Å². The molecule has 0 fully saturated rings. The van der Waals surface area contributed by atoms with E-state index in [0.717, 1.165) is 11.6 Å². The van der Waals surface area contributed by atoms with E-state index in [1.165, 1.54) is 0 Å². The molecule has 0 bridgehead atoms. The highest BCUT2D eigenvalue weighted by Crippen LogP contribution is 2.16. The van der Waals surface area contributed by atoms with E-state index in [4.69, 9.17) is 4.74 Å². The zero-order valence-corrected chi connectivity index (χ0v) is 11.4. The van der Waals surface area contributed by atoms with Gasteiger partial charge in [-0.05, 0) is 0 Å². The number of ether oxygens (including phenoxy) is 1. The van der Waals surface area contributed by atoms with Gasteiger partial charge in [0.25, 0.3) is 0 Å². The molecule has 0 amide bonds. The molecular weight excluding hydrogens is 232 g/mol. The van der Waals surface area contributed by atoms with Crippen LogP contribution in [-0.2, 0) is 11.3 Å². The third-order valence-corrected chi connectivity index (χ3v) is 2.48. The molecular formula is C12H22N4O2. The van der Waals surface area contributed by atoms with Crippen LogP contribution in [0.1, 0.15) is 19.7 Å². The monoisotopic (exact) mass is 254 g/mol. The first-order valence-electron chi connectivity index (χ1n) is 5.90. The summed E-state index contributed by atoms with van der Waals surface area (Å²) in [4.78, 5) is 8.61. The van der Waals surface area contributed by atoms with Crippen molar-refractivity contribution in [3.63, 3.8) is 0 Å². The molecule has 1 aromatic rings. The first-order valence-corrected chi connectivity index (χ1v) is 5.90. The molecule has 0 spiro atoms. The highest BCUT2D eigenvalue weighted by molar-refractivity contribution is 5.47. The number of nitrogens with one attached hydrogen (secondary N) is 2. The Balaban J connectivity index is 2.78. The lowest BCUT2D eigenvalue weighted by Gasteiger charge is -2.22. The second kappa shape index (κ2) is 6.51. The van der Waals surface area contributed by atoms with Crippen LogP contribution in [0.4, 0.5) is 11.6 Å². The Morgan fingerprint density at radius 1 is 1.33 bits per heavy atom. The van der Waals surface area contributed by atoms with Crippen molar-refractivity contribution >= 4 is 11.6 Å². The molecule has 0 atom stereocenters. The summed E-state index contributed by atoms with van der Waals surface area (Å²) < 4.78 is 5.03. The van der Waals surface area contributed by atoms with Gasteiger partial charge in [0.1, 0.15) is 18.2 Å². The fourth-order valence-corrected chi connectivity index (χ4v) is 1.30. The molecule has 0 radical (unpaired) electrons. The Morgan fingerprint density at radius 3 is 2.56 bits per heavy atom. The maximum atomic E-state index is 9.21. The minimum absolute atomic E-state index is 0.120. The summed E-state index contributed by atoms with van der Waals surface area (Å²) in [6.45, 7) is 5.09. The van der Waals surface area contributed by atoms with Gasteiger partial charge >= 0.3 is 0 Å². The topological polar surface area (TPSA) is 79.3 Å². The van der Waals surface area contributed by atoms with Crippen LogP contribution in [0, 0.1) is 5.41 Å². The van der Waals surface area contributed by atoms with Gasteiger partial charge in [-0.15, -0.1) is 0 Å². The van der Waals surface area contributed by atoms with E-state index >= 15 is 0 Å². The van der Waals surface area contributed by atoms with Crippen molar-refractivity contribution in [1.82, 2.24) is 9.97 Å². The predicted molar refractivity (Wildman–Crippen MR) is 71.6 cm³/mol. The maximum absolute atomic E-state index is 9.21. The zero-order chi connectivity index (χ0) is 13.6. The van der Waals surface area contributed by atoms with Crippen molar-refractivity contribution in [2.75, 3.05) is 37.9 Å². The Hall–Kier alpha value is -1.40. The van der Waals surface area contributed by atoms with Crippen molar-refractivity contribution in [3.8, 4) is 0 Å². The first-order chi connectivity index (χ1) is 8.50. The van der Waals surface area contributed by atoms with Crippen LogP contribution in [0.25, 0.3) is 0 Å². The molecule has 0 saturated heterocycles. The third-order valence-electron chi connectivity index (χ3n) is 2.48. The van der Waals surface area contributed by atoms with E-state index in [1.54, 1.807) is 14.2 Å². The van der Waals surface area contributed by atoms with Gasteiger partial charge in [-0.3, -0.25) is 0 Å². The number of hydrogen-bond donors (Lipinski definition) is 3. The Kier molecular flexibility index (Phi) is 5.30. The summed E-state index contributed by atoms with van der Waals surface area (Å²) >= 11 is 0. The number of nitrogens with zero attached hydrogens (tertiary/aromatic N) is 2. The summed E-state index contributed by atoms with van der Waals surface area (Å²) in [7, 11) is 3.41. The van der Waals surface area contributed by atoms with E-state index in [9.17, 15) is 5.11 Å². The Morgan fingerprint density at radius 2 is 2.00 bits per heavy atom. The number of aliphatic hydroxyl groups is 1. The number of anilines is 2. The average molecular weight is 254 g/mol. The largest absolute Gasteiger partial charge is 0.396 e. The highest BCUT2D eigenvalue weighted by Gasteiger charge is 2.16. The maximum Gasteiger partial charge on any atom is 0.158 e. The molecule has 18 heavy (non-hydrogen) atoms. The predicted octanol–water partition coefficient (Wildman–Crippen LogP) is 1.10. The smallest absolute Gasteiger partial charge is 0.158 e. The lowest BCUT2D eigenvalue weighted by Crippen LogP contribution is -2.27. The molecule has 6 heteroatoms. The van der Waals surface area contributed by atoms with Crippen molar-refractivity contribution < 1.29 is 9.84 Å². The fourth-order valence-electron chi connectivity index (χ4n) is 1.30. The van der Waals surface area contributed by atoms with Crippen molar-refractivity contribution in [3.05, 3.63) is 11.9 Å². The Labute approximate surface area is 108 Å². The van der Waals surface area contributed by atoms with Crippen molar-refractivity contribution in [2.24, 2.45) is 5.41 Å². The minimum Gasteiger partial charge on any atom is -0.396 e. The number of hydrogen-bond acceptors (Lipinski definition) is 6. The standard InChI is InChI=1S/C12H22N4O2/c1-12(2,8-17)7-14-10-5-9(13-3)15-11(16-10)6-18-4/h5,17H,6-8H2,1-4H3,(H2,13,14,15,16). The van der Waals surface area contributed by atoms with Crippen LogP contribution in [0.15, 0.2) is 6.07 Å². The highest BCUT2D eigenvalue weighted by atomic mass is 16.5. The van der Waals surface area contributed by atoms with Gasteiger partial charge in [-0.2, -0.15) is 0 Å². The molecule has 1 heterocycles. The molecule has 1 rings (SSSR count). The first kappa shape index (κ1) is 14.7. The van der Waals surface area contributed by atoms with Crippen LogP contribution in [0.3, 0.4) is 0 Å². The molecule has 3 N–H and O–H groups in total. The van der Waals surface area contributed by atoms with Crippen LogP contribution in [0.5, 0.6) is 0 Å². The van der Waals surface area contributed by atoms with Crippen molar-refractivity contribution in [2.45, 2.75) is 20.5 Å². The van der Waals surface area contributed by atoms with E-state index in [1.807, 2.05) is 19.9 Å². The summed E-state index contributed by atoms with van der Waals surface area (Å²) in [5.41, 5.74) is -0.188. The molecule has 0 saturated carbocycles. The van der Waals surface area contributed by atoms with Crippen molar-refractivity contribution in [1.29, 1.82) is 0 Å². The molecule has 0 unspecified atom stereocenters. The van der Waals surface area contributed by atoms with Crippen LogP contribution >= 0.6 is 0 Å². The number of aromatic nitrogens is 2. The van der Waals surface area contributed by atoms with Gasteiger partial charge < -0.3 is 20.5 Å². The molecule has 102 valence electrons. The summed E-state index contributed by atoms with van der Waals surface area (Å²) in [6.07, 6.45) is 0. The minimum atomic E-state index is -0.188. The van der Waals surface area contributed by atoms with E-state index in [2.05, 4.69) is 20.6 Å². The second-order valence-electron chi connectivity index (χ2n) is 4.91. The van der Waals surface area contributed by atoms with Gasteiger partial charge in [0.15, 0.2) is 5.82 Å². The fraction of sp³-hybridized carbons (Fsp3) is 0.667. The lowest BCUT2D eigenvalue weighted by atomic mass is 9.95. The molecule has 6 nitrogen and oxygen atoms in total. The average Bonchev–Trinajstić information content (AvgIpc) is 2.37. The number of rotatable bonds is 7. The summed E-state index contributed by atoms with van der Waals surface area (Å²) in [5, 5.41) is 15.4. The summed E-state index contributed by atoms with van der Waals surface area (Å²) in [5.74, 6) is 2.08. The van der Waals surface area contributed by atoms with E-state index in [0.29, 0.717) is 19.0 Å². The van der Waals surface area contributed by atoms with Gasteiger partial charge in [0.05, 0.1) is 0 Å². The van der Waals surface area contributed by atoms with Crippen LogP contribution < -0.4 is 10.6 Å². The lowest BCUT2D eigenvalue weighted by molar-refractivity contribution is 0.170. The molecule has 1 aromatic heterocycles. The van der Waals surface area contributed by atoms with Gasteiger partial charge in [-0.25, -0.2) is 9.97 Å². The zero-order valence-electron chi connectivity index (χ0n) is 11.4. The molecule has 0 aliphatic rings. The molecule has 0 aromatic carbocycles. The number of aliphatic hydroxyl groups excluding tert-OH is 1. The quantitative estimate of drug-likeness (QED) is 0.676. The van der Waals surface area contributed by atoms with Gasteiger partial charge in [0, 0.05) is 38.8 Å². The Bertz CT molecular complexity index is 382.